The van der Waals surface area contributed by atoms with Crippen LogP contribution >= 0.6 is 0 Å². The zero-order chi connectivity index (χ0) is 23.3. The normalized spacial score (nSPS) is 21.0. The number of carbonyl (C=O) groups is 1. The molecule has 0 aromatic heterocycles. The van der Waals surface area contributed by atoms with E-state index in [1.807, 2.05) is 25.1 Å². The van der Waals surface area contributed by atoms with Crippen molar-refractivity contribution in [1.82, 2.24) is 0 Å². The van der Waals surface area contributed by atoms with Crippen molar-refractivity contribution in [3.63, 3.8) is 0 Å². The number of ketones is 1. The molecule has 0 heterocycles. The highest BCUT2D eigenvalue weighted by Gasteiger charge is 2.41. The smallest absolute Gasteiger partial charge is 0.143 e. The summed E-state index contributed by atoms with van der Waals surface area (Å²) in [4.78, 5) is 13.1. The first-order chi connectivity index (χ1) is 16.0. The Kier molecular flexibility index (Phi) is 6.95. The van der Waals surface area contributed by atoms with Gasteiger partial charge in [-0.1, -0.05) is 110 Å². The van der Waals surface area contributed by atoms with Gasteiger partial charge in [-0.25, -0.2) is 0 Å². The van der Waals surface area contributed by atoms with Gasteiger partial charge in [0.2, 0.25) is 0 Å². The first kappa shape index (κ1) is 23.2. The van der Waals surface area contributed by atoms with Gasteiger partial charge in [-0.2, -0.15) is 0 Å². The van der Waals surface area contributed by atoms with Gasteiger partial charge in [0.1, 0.15) is 11.4 Å². The highest BCUT2D eigenvalue weighted by atomic mass is 16.5. The van der Waals surface area contributed by atoms with E-state index in [1.54, 1.807) is 0 Å². The second-order valence-electron chi connectivity index (χ2n) is 9.65. The van der Waals surface area contributed by atoms with Crippen molar-refractivity contribution in [2.45, 2.75) is 45.1 Å². The lowest BCUT2D eigenvalue weighted by Crippen LogP contribution is -2.38. The van der Waals surface area contributed by atoms with Crippen LogP contribution in [0.15, 0.2) is 103 Å². The molecule has 4 rings (SSSR count). The van der Waals surface area contributed by atoms with Crippen LogP contribution in [0.1, 0.15) is 56.2 Å². The average Bonchev–Trinajstić information content (AvgIpc) is 2.85. The Balaban J connectivity index is 1.67. The molecule has 2 heteroatoms. The fourth-order valence-electron chi connectivity index (χ4n) is 5.09. The van der Waals surface area contributed by atoms with E-state index in [0.29, 0.717) is 31.1 Å². The summed E-state index contributed by atoms with van der Waals surface area (Å²) in [7, 11) is 0. The van der Waals surface area contributed by atoms with E-state index in [9.17, 15) is 4.79 Å². The number of allylic oxidation sites excluding steroid dienone is 1. The molecule has 1 fully saturated rings. The average molecular weight is 439 g/mol. The third kappa shape index (κ3) is 4.72. The number of Topliss-reactive ketones (excluding diaryl/α,β-unsaturated/α-hetero) is 1. The summed E-state index contributed by atoms with van der Waals surface area (Å²) >= 11 is 0. The highest BCUT2D eigenvalue weighted by Crippen LogP contribution is 2.44. The Labute approximate surface area is 198 Å². The summed E-state index contributed by atoms with van der Waals surface area (Å²) in [6.45, 7) is 8.73. The molecule has 2 atom stereocenters. The second kappa shape index (κ2) is 9.89. The molecule has 170 valence electrons. The Hall–Kier alpha value is -2.97. The zero-order valence-electron chi connectivity index (χ0n) is 19.8. The molecular weight excluding hydrogens is 404 g/mol. The Morgan fingerprint density at radius 1 is 0.909 bits per heavy atom. The minimum atomic E-state index is -0.738. The minimum Gasteiger partial charge on any atom is -0.361 e. The molecule has 0 N–H and O–H groups in total. The number of hydrogen-bond acceptors (Lipinski definition) is 2. The molecule has 0 saturated heterocycles. The maximum atomic E-state index is 13.1. The van der Waals surface area contributed by atoms with Crippen LogP contribution in [0.25, 0.3) is 0 Å². The second-order valence-corrected chi connectivity index (χ2v) is 9.65. The van der Waals surface area contributed by atoms with Crippen LogP contribution in [-0.2, 0) is 15.1 Å². The number of benzene rings is 3. The van der Waals surface area contributed by atoms with Crippen molar-refractivity contribution < 1.29 is 9.53 Å². The monoisotopic (exact) mass is 438 g/mol. The summed E-state index contributed by atoms with van der Waals surface area (Å²) in [5.41, 5.74) is 3.30. The third-order valence-corrected chi connectivity index (χ3v) is 7.36. The van der Waals surface area contributed by atoms with Crippen molar-refractivity contribution in [2.75, 3.05) is 6.61 Å². The molecule has 0 unspecified atom stereocenters. The molecule has 0 spiro atoms. The number of ether oxygens (including phenoxy) is 1. The van der Waals surface area contributed by atoms with Gasteiger partial charge in [-0.05, 0) is 48.8 Å². The van der Waals surface area contributed by atoms with Gasteiger partial charge in [0.15, 0.2) is 0 Å². The number of hydrogen-bond donors (Lipinski definition) is 0. The van der Waals surface area contributed by atoms with Crippen LogP contribution in [0.4, 0.5) is 0 Å². The Morgan fingerprint density at radius 3 is 1.76 bits per heavy atom. The molecule has 33 heavy (non-hydrogen) atoms. The summed E-state index contributed by atoms with van der Waals surface area (Å²) in [5.74, 6) is 0.665. The minimum absolute atomic E-state index is 0.323. The van der Waals surface area contributed by atoms with Crippen molar-refractivity contribution in [1.29, 1.82) is 0 Å². The summed E-state index contributed by atoms with van der Waals surface area (Å²) in [6, 6.07) is 31.2. The van der Waals surface area contributed by atoms with Crippen molar-refractivity contribution in [3.8, 4) is 0 Å². The van der Waals surface area contributed by atoms with E-state index in [4.69, 9.17) is 4.74 Å². The van der Waals surface area contributed by atoms with E-state index in [1.165, 1.54) is 0 Å². The highest BCUT2D eigenvalue weighted by molar-refractivity contribution is 5.85. The molecule has 3 aromatic rings. The fraction of sp³-hybridized carbons (Fsp3) is 0.323. The molecule has 0 aliphatic heterocycles. The quantitative estimate of drug-likeness (QED) is 0.272. The van der Waals surface area contributed by atoms with Crippen LogP contribution in [0.5, 0.6) is 0 Å². The lowest BCUT2D eigenvalue weighted by Gasteiger charge is -2.39. The van der Waals surface area contributed by atoms with Crippen LogP contribution in [0.3, 0.4) is 0 Å². The van der Waals surface area contributed by atoms with Crippen molar-refractivity contribution in [2.24, 2.45) is 11.3 Å². The van der Waals surface area contributed by atoms with Gasteiger partial charge in [-0.3, -0.25) is 4.79 Å². The van der Waals surface area contributed by atoms with Crippen molar-refractivity contribution >= 4 is 5.78 Å². The molecule has 0 amide bonds. The SMILES string of the molecule is C=C(C)[C@@H]1CC[C@@](C)(CCOC(c2ccccc2)(c2ccccc2)c2ccccc2)C(=O)C1. The molecule has 1 saturated carbocycles. The van der Waals surface area contributed by atoms with Gasteiger partial charge in [0.25, 0.3) is 0 Å². The van der Waals surface area contributed by atoms with Gasteiger partial charge in [0, 0.05) is 18.4 Å². The summed E-state index contributed by atoms with van der Waals surface area (Å²) in [5, 5.41) is 0. The third-order valence-electron chi connectivity index (χ3n) is 7.36. The van der Waals surface area contributed by atoms with Crippen molar-refractivity contribution in [3.05, 3.63) is 120 Å². The lowest BCUT2D eigenvalue weighted by molar-refractivity contribution is -0.133. The number of rotatable bonds is 8. The molecular formula is C31H34O2. The van der Waals surface area contributed by atoms with E-state index in [0.717, 1.165) is 35.1 Å². The van der Waals surface area contributed by atoms with E-state index < -0.39 is 5.60 Å². The zero-order valence-corrected chi connectivity index (χ0v) is 19.8. The summed E-state index contributed by atoms with van der Waals surface area (Å²) in [6.07, 6.45) is 3.23. The topological polar surface area (TPSA) is 26.3 Å². The van der Waals surface area contributed by atoms with Gasteiger partial charge < -0.3 is 4.74 Å². The molecule has 1 aliphatic rings. The standard InChI is InChI=1S/C31H34O2/c1-24(2)25-19-20-30(3,29(32)23-25)21-22-33-31(26-13-7-4-8-14-26,27-15-9-5-10-16-27)28-17-11-6-12-18-28/h4-18,25H,1,19-23H2,2-3H3/t25-,30+/m1/s1. The first-order valence-electron chi connectivity index (χ1n) is 11.9. The molecule has 3 aromatic carbocycles. The van der Waals surface area contributed by atoms with Crippen LogP contribution in [0.2, 0.25) is 0 Å². The van der Waals surface area contributed by atoms with E-state index >= 15 is 0 Å². The lowest BCUT2D eigenvalue weighted by atomic mass is 9.68. The first-order valence-corrected chi connectivity index (χ1v) is 11.9. The maximum absolute atomic E-state index is 13.1. The molecule has 0 radical (unpaired) electrons. The fourth-order valence-corrected chi connectivity index (χ4v) is 5.09. The predicted molar refractivity (Wildman–Crippen MR) is 135 cm³/mol. The maximum Gasteiger partial charge on any atom is 0.143 e. The van der Waals surface area contributed by atoms with Crippen LogP contribution in [0, 0.1) is 11.3 Å². The largest absolute Gasteiger partial charge is 0.361 e. The molecule has 2 nitrogen and oxygen atoms in total. The predicted octanol–water partition coefficient (Wildman–Crippen LogP) is 7.34. The Bertz CT molecular complexity index is 975. The Morgan fingerprint density at radius 2 is 1.36 bits per heavy atom. The van der Waals surface area contributed by atoms with Crippen LogP contribution < -0.4 is 0 Å². The van der Waals surface area contributed by atoms with E-state index in [-0.39, 0.29) is 5.41 Å². The van der Waals surface area contributed by atoms with Crippen LogP contribution in [-0.4, -0.2) is 12.4 Å². The van der Waals surface area contributed by atoms with E-state index in [2.05, 4.69) is 86.3 Å². The molecule has 1 aliphatic carbocycles. The molecule has 0 bridgehead atoms. The number of carbonyl (C=O) groups excluding carboxylic acids is 1. The van der Waals surface area contributed by atoms with Gasteiger partial charge in [-0.15, -0.1) is 0 Å². The summed E-state index contributed by atoms with van der Waals surface area (Å²) < 4.78 is 6.91. The van der Waals surface area contributed by atoms with Gasteiger partial charge in [0.05, 0.1) is 0 Å². The van der Waals surface area contributed by atoms with Gasteiger partial charge >= 0.3 is 0 Å².